The van der Waals surface area contributed by atoms with Gasteiger partial charge in [0.05, 0.1) is 11.3 Å². The van der Waals surface area contributed by atoms with Crippen LogP contribution in [-0.4, -0.2) is 17.0 Å². The molecule has 2 rings (SSSR count). The number of anilines is 1. The van der Waals surface area contributed by atoms with Crippen LogP contribution < -0.4 is 5.32 Å². The highest BCUT2D eigenvalue weighted by Crippen LogP contribution is 2.50. The molecule has 1 fully saturated rings. The van der Waals surface area contributed by atoms with E-state index in [2.05, 4.69) is 5.32 Å². The summed E-state index contributed by atoms with van der Waals surface area (Å²) in [7, 11) is 0. The molecule has 0 saturated heterocycles. The van der Waals surface area contributed by atoms with Crippen LogP contribution in [0.5, 0.6) is 0 Å². The van der Waals surface area contributed by atoms with Gasteiger partial charge in [0.25, 0.3) is 0 Å². The minimum atomic E-state index is -1.19. The molecular formula is C14H16FNO3. The number of carbonyl (C=O) groups is 2. The fraction of sp³-hybridized carbons (Fsp3) is 0.429. The van der Waals surface area contributed by atoms with Crippen LogP contribution in [0.15, 0.2) is 18.2 Å². The number of carboxylic acids is 1. The maximum absolute atomic E-state index is 13.7. The Morgan fingerprint density at radius 3 is 2.58 bits per heavy atom. The Morgan fingerprint density at radius 1 is 1.42 bits per heavy atom. The Labute approximate surface area is 110 Å². The summed E-state index contributed by atoms with van der Waals surface area (Å²) < 4.78 is 13.7. The summed E-state index contributed by atoms with van der Waals surface area (Å²) >= 11 is 0. The van der Waals surface area contributed by atoms with E-state index in [9.17, 15) is 14.0 Å². The summed E-state index contributed by atoms with van der Waals surface area (Å²) in [5.41, 5.74) is -0.435. The van der Waals surface area contributed by atoms with Gasteiger partial charge in [-0.2, -0.15) is 0 Å². The van der Waals surface area contributed by atoms with Crippen molar-refractivity contribution in [3.8, 4) is 0 Å². The van der Waals surface area contributed by atoms with Crippen LogP contribution in [0.4, 0.5) is 10.1 Å². The van der Waals surface area contributed by atoms with Crippen molar-refractivity contribution in [2.75, 3.05) is 5.32 Å². The van der Waals surface area contributed by atoms with Crippen molar-refractivity contribution in [2.45, 2.75) is 32.6 Å². The topological polar surface area (TPSA) is 66.4 Å². The molecule has 0 bridgehead atoms. The number of carboxylic acid groups (broad SMARTS) is 1. The molecule has 0 aromatic heterocycles. The van der Waals surface area contributed by atoms with Gasteiger partial charge in [0.2, 0.25) is 5.91 Å². The second-order valence-electron chi connectivity index (χ2n) is 4.98. The molecule has 1 aromatic carbocycles. The molecule has 0 unspecified atom stereocenters. The quantitative estimate of drug-likeness (QED) is 0.859. The molecule has 5 heteroatoms. The molecule has 4 nitrogen and oxygen atoms in total. The number of amides is 1. The Kier molecular flexibility index (Phi) is 3.55. The summed E-state index contributed by atoms with van der Waals surface area (Å²) in [6.45, 7) is 2.01. The van der Waals surface area contributed by atoms with Gasteiger partial charge in [-0.05, 0) is 37.5 Å². The van der Waals surface area contributed by atoms with Crippen molar-refractivity contribution < 1.29 is 19.1 Å². The standard InChI is InChI=1S/C14H16FNO3/c1-2-5-14(6-7-14)13(19)16-11-4-3-9(12(17)18)8-10(11)15/h3-4,8H,2,5-7H2,1H3,(H,16,19)(H,17,18). The van der Waals surface area contributed by atoms with E-state index in [1.54, 1.807) is 0 Å². The fourth-order valence-corrected chi connectivity index (χ4v) is 2.22. The van der Waals surface area contributed by atoms with Crippen LogP contribution in [0.25, 0.3) is 0 Å². The molecule has 19 heavy (non-hydrogen) atoms. The van der Waals surface area contributed by atoms with E-state index in [0.29, 0.717) is 0 Å². The highest BCUT2D eigenvalue weighted by Gasteiger charge is 2.48. The molecule has 1 amide bonds. The first-order valence-corrected chi connectivity index (χ1v) is 6.33. The number of carbonyl (C=O) groups excluding carboxylic acids is 1. The van der Waals surface area contributed by atoms with E-state index >= 15 is 0 Å². The van der Waals surface area contributed by atoms with Gasteiger partial charge in [-0.15, -0.1) is 0 Å². The van der Waals surface area contributed by atoms with Crippen molar-refractivity contribution in [1.29, 1.82) is 0 Å². The molecule has 1 saturated carbocycles. The minimum Gasteiger partial charge on any atom is -0.478 e. The van der Waals surface area contributed by atoms with E-state index in [1.165, 1.54) is 12.1 Å². The van der Waals surface area contributed by atoms with Gasteiger partial charge in [-0.25, -0.2) is 9.18 Å². The molecule has 0 atom stereocenters. The van der Waals surface area contributed by atoms with Crippen LogP contribution in [0.2, 0.25) is 0 Å². The number of nitrogens with one attached hydrogen (secondary N) is 1. The molecule has 1 aromatic rings. The number of halogens is 1. The third-order valence-electron chi connectivity index (χ3n) is 3.53. The fourth-order valence-electron chi connectivity index (χ4n) is 2.22. The van der Waals surface area contributed by atoms with Gasteiger partial charge >= 0.3 is 5.97 Å². The number of hydrogen-bond acceptors (Lipinski definition) is 2. The van der Waals surface area contributed by atoms with E-state index in [1.807, 2.05) is 6.92 Å². The van der Waals surface area contributed by atoms with Gasteiger partial charge < -0.3 is 10.4 Å². The van der Waals surface area contributed by atoms with Crippen LogP contribution in [0.3, 0.4) is 0 Å². The predicted molar refractivity (Wildman–Crippen MR) is 68.6 cm³/mol. The van der Waals surface area contributed by atoms with Gasteiger partial charge in [0, 0.05) is 5.41 Å². The Hall–Kier alpha value is -1.91. The lowest BCUT2D eigenvalue weighted by Crippen LogP contribution is -2.24. The second kappa shape index (κ2) is 4.99. The van der Waals surface area contributed by atoms with Crippen molar-refractivity contribution in [3.05, 3.63) is 29.6 Å². The monoisotopic (exact) mass is 265 g/mol. The lowest BCUT2D eigenvalue weighted by Gasteiger charge is -2.14. The molecule has 0 spiro atoms. The highest BCUT2D eigenvalue weighted by atomic mass is 19.1. The Balaban J connectivity index is 2.11. The minimum absolute atomic E-state index is 0.0392. The van der Waals surface area contributed by atoms with Crippen molar-refractivity contribution in [2.24, 2.45) is 5.41 Å². The van der Waals surface area contributed by atoms with Gasteiger partial charge in [0.15, 0.2) is 0 Å². The first-order valence-electron chi connectivity index (χ1n) is 6.33. The van der Waals surface area contributed by atoms with Crippen molar-refractivity contribution >= 4 is 17.6 Å². The molecule has 0 aliphatic heterocycles. The normalized spacial score (nSPS) is 15.9. The smallest absolute Gasteiger partial charge is 0.335 e. The summed E-state index contributed by atoms with van der Waals surface area (Å²) in [4.78, 5) is 22.8. The van der Waals surface area contributed by atoms with E-state index in [-0.39, 0.29) is 22.6 Å². The zero-order valence-electron chi connectivity index (χ0n) is 10.7. The van der Waals surface area contributed by atoms with E-state index in [0.717, 1.165) is 31.7 Å². The first kappa shape index (κ1) is 13.5. The van der Waals surface area contributed by atoms with Gasteiger partial charge in [0.1, 0.15) is 5.82 Å². The van der Waals surface area contributed by atoms with Crippen LogP contribution in [0, 0.1) is 11.2 Å². The number of hydrogen-bond donors (Lipinski definition) is 2. The first-order chi connectivity index (χ1) is 8.98. The molecule has 1 aliphatic carbocycles. The third-order valence-corrected chi connectivity index (χ3v) is 3.53. The lowest BCUT2D eigenvalue weighted by atomic mass is 9.99. The molecule has 0 radical (unpaired) electrons. The van der Waals surface area contributed by atoms with Crippen molar-refractivity contribution in [3.63, 3.8) is 0 Å². The molecule has 1 aliphatic rings. The lowest BCUT2D eigenvalue weighted by molar-refractivity contribution is -0.121. The third kappa shape index (κ3) is 2.75. The summed E-state index contributed by atoms with van der Waals surface area (Å²) in [6.07, 6.45) is 3.38. The molecule has 0 heterocycles. The van der Waals surface area contributed by atoms with Crippen LogP contribution in [0.1, 0.15) is 43.0 Å². The molecule has 102 valence electrons. The Morgan fingerprint density at radius 2 is 2.11 bits per heavy atom. The van der Waals surface area contributed by atoms with Crippen molar-refractivity contribution in [1.82, 2.24) is 0 Å². The Bertz CT molecular complexity index is 523. The largest absolute Gasteiger partial charge is 0.478 e. The SMILES string of the molecule is CCCC1(C(=O)Nc2ccc(C(=O)O)cc2F)CC1. The molecule has 2 N–H and O–H groups in total. The predicted octanol–water partition coefficient (Wildman–Crippen LogP) is 3.04. The van der Waals surface area contributed by atoms with E-state index in [4.69, 9.17) is 5.11 Å². The van der Waals surface area contributed by atoms with Gasteiger partial charge in [-0.3, -0.25) is 4.79 Å². The summed E-state index contributed by atoms with van der Waals surface area (Å²) in [6, 6.07) is 3.48. The second-order valence-corrected chi connectivity index (χ2v) is 4.98. The summed E-state index contributed by atoms with van der Waals surface area (Å²) in [5, 5.41) is 11.3. The average Bonchev–Trinajstić information content (AvgIpc) is 3.13. The number of aromatic carboxylic acids is 1. The maximum Gasteiger partial charge on any atom is 0.335 e. The highest BCUT2D eigenvalue weighted by molar-refractivity contribution is 5.97. The summed E-state index contributed by atoms with van der Waals surface area (Å²) in [5.74, 6) is -2.08. The van der Waals surface area contributed by atoms with Crippen LogP contribution >= 0.6 is 0 Å². The number of rotatable bonds is 5. The van der Waals surface area contributed by atoms with Crippen LogP contribution in [-0.2, 0) is 4.79 Å². The number of benzene rings is 1. The molecular weight excluding hydrogens is 249 g/mol. The maximum atomic E-state index is 13.7. The average molecular weight is 265 g/mol. The van der Waals surface area contributed by atoms with Gasteiger partial charge in [-0.1, -0.05) is 13.3 Å². The zero-order valence-corrected chi connectivity index (χ0v) is 10.7. The zero-order chi connectivity index (χ0) is 14.0. The van der Waals surface area contributed by atoms with E-state index < -0.39 is 11.8 Å².